The number of nitrogens with one attached hydrogen (secondary N) is 3. The Balaban J connectivity index is 1.84. The summed E-state index contributed by atoms with van der Waals surface area (Å²) >= 11 is 0. The molecule has 24 heavy (non-hydrogen) atoms. The van der Waals surface area contributed by atoms with E-state index in [1.54, 1.807) is 12.1 Å². The molecule has 0 aliphatic rings. The van der Waals surface area contributed by atoms with Gasteiger partial charge in [0.2, 0.25) is 0 Å². The molecule has 0 radical (unpaired) electrons. The van der Waals surface area contributed by atoms with Crippen LogP contribution in [0.5, 0.6) is 0 Å². The summed E-state index contributed by atoms with van der Waals surface area (Å²) < 4.78 is 0. The van der Waals surface area contributed by atoms with Crippen LogP contribution in [-0.4, -0.2) is 12.1 Å². The standard InChI is InChI=1S/C18H22N4O2/c1-2-14-5-3-4-6-15(14)12-21-18(24)22-16-9-7-13(8-10-16)11-20-17(19)23/h3-10H,2,11-12H2,1H3,(H3,19,20,23)(H2,21,22,24). The molecule has 0 aliphatic carbocycles. The highest BCUT2D eigenvalue weighted by atomic mass is 16.2. The zero-order valence-electron chi connectivity index (χ0n) is 13.6. The van der Waals surface area contributed by atoms with Gasteiger partial charge in [0, 0.05) is 18.8 Å². The van der Waals surface area contributed by atoms with E-state index in [1.807, 2.05) is 30.3 Å². The van der Waals surface area contributed by atoms with Gasteiger partial charge in [-0.2, -0.15) is 0 Å². The third-order valence-corrected chi connectivity index (χ3v) is 3.62. The molecule has 2 rings (SSSR count). The summed E-state index contributed by atoms with van der Waals surface area (Å²) in [5.74, 6) is 0. The lowest BCUT2D eigenvalue weighted by Gasteiger charge is -2.11. The topological polar surface area (TPSA) is 96.2 Å². The van der Waals surface area contributed by atoms with E-state index in [0.717, 1.165) is 17.5 Å². The molecule has 6 nitrogen and oxygen atoms in total. The Morgan fingerprint density at radius 3 is 2.21 bits per heavy atom. The number of carbonyl (C=O) groups excluding carboxylic acids is 2. The van der Waals surface area contributed by atoms with Crippen molar-refractivity contribution in [2.45, 2.75) is 26.4 Å². The zero-order valence-corrected chi connectivity index (χ0v) is 13.6. The van der Waals surface area contributed by atoms with Crippen LogP contribution in [0.15, 0.2) is 48.5 Å². The Kier molecular flexibility index (Phi) is 6.19. The van der Waals surface area contributed by atoms with Crippen LogP contribution >= 0.6 is 0 Å². The van der Waals surface area contributed by atoms with Gasteiger partial charge in [-0.3, -0.25) is 0 Å². The molecule has 0 unspecified atom stereocenters. The molecule has 0 saturated heterocycles. The van der Waals surface area contributed by atoms with Crippen LogP contribution in [-0.2, 0) is 19.5 Å². The van der Waals surface area contributed by atoms with E-state index in [9.17, 15) is 9.59 Å². The Morgan fingerprint density at radius 2 is 1.58 bits per heavy atom. The molecule has 0 bridgehead atoms. The van der Waals surface area contributed by atoms with Gasteiger partial charge in [-0.15, -0.1) is 0 Å². The number of hydrogen-bond acceptors (Lipinski definition) is 2. The number of aryl methyl sites for hydroxylation is 1. The molecular weight excluding hydrogens is 304 g/mol. The quantitative estimate of drug-likeness (QED) is 0.656. The highest BCUT2D eigenvalue weighted by Crippen LogP contribution is 2.11. The van der Waals surface area contributed by atoms with E-state index in [1.165, 1.54) is 5.56 Å². The molecule has 126 valence electrons. The Labute approximate surface area is 141 Å². The minimum absolute atomic E-state index is 0.260. The number of carbonyl (C=O) groups is 2. The Hall–Kier alpha value is -3.02. The van der Waals surface area contributed by atoms with Crippen molar-refractivity contribution in [3.05, 3.63) is 65.2 Å². The van der Waals surface area contributed by atoms with Crippen molar-refractivity contribution in [3.63, 3.8) is 0 Å². The maximum absolute atomic E-state index is 12.0. The van der Waals surface area contributed by atoms with Crippen molar-refractivity contribution in [2.75, 3.05) is 5.32 Å². The SMILES string of the molecule is CCc1ccccc1CNC(=O)Nc1ccc(CNC(N)=O)cc1. The van der Waals surface area contributed by atoms with Crippen LogP contribution in [0.3, 0.4) is 0 Å². The molecule has 0 heterocycles. The fraction of sp³-hybridized carbons (Fsp3) is 0.222. The van der Waals surface area contributed by atoms with Gasteiger partial charge in [0.1, 0.15) is 0 Å². The molecule has 0 aliphatic heterocycles. The third-order valence-electron chi connectivity index (χ3n) is 3.62. The minimum atomic E-state index is -0.566. The maximum atomic E-state index is 12.0. The first kappa shape index (κ1) is 17.3. The van der Waals surface area contributed by atoms with Gasteiger partial charge in [-0.05, 0) is 35.2 Å². The first-order chi connectivity index (χ1) is 11.6. The monoisotopic (exact) mass is 326 g/mol. The molecule has 0 aromatic heterocycles. The average molecular weight is 326 g/mol. The molecule has 5 N–H and O–H groups in total. The lowest BCUT2D eigenvalue weighted by molar-refractivity contribution is 0.248. The molecular formula is C18H22N4O2. The van der Waals surface area contributed by atoms with Gasteiger partial charge in [0.15, 0.2) is 0 Å². The zero-order chi connectivity index (χ0) is 17.4. The maximum Gasteiger partial charge on any atom is 0.319 e. The summed E-state index contributed by atoms with van der Waals surface area (Å²) in [6.45, 7) is 2.93. The molecule has 2 aromatic carbocycles. The van der Waals surface area contributed by atoms with E-state index in [4.69, 9.17) is 5.73 Å². The minimum Gasteiger partial charge on any atom is -0.352 e. The second kappa shape index (κ2) is 8.57. The summed E-state index contributed by atoms with van der Waals surface area (Å²) in [5, 5.41) is 8.14. The second-order valence-corrected chi connectivity index (χ2v) is 5.34. The average Bonchev–Trinajstić information content (AvgIpc) is 2.59. The number of urea groups is 2. The van der Waals surface area contributed by atoms with Crippen LogP contribution < -0.4 is 21.7 Å². The summed E-state index contributed by atoms with van der Waals surface area (Å²) in [6, 6.07) is 14.4. The number of anilines is 1. The molecule has 6 heteroatoms. The van der Waals surface area contributed by atoms with Crippen molar-refractivity contribution in [2.24, 2.45) is 5.73 Å². The van der Waals surface area contributed by atoms with Crippen molar-refractivity contribution in [3.8, 4) is 0 Å². The van der Waals surface area contributed by atoms with Gasteiger partial charge < -0.3 is 21.7 Å². The van der Waals surface area contributed by atoms with Crippen molar-refractivity contribution in [1.29, 1.82) is 0 Å². The van der Waals surface area contributed by atoms with E-state index in [0.29, 0.717) is 18.8 Å². The predicted molar refractivity (Wildman–Crippen MR) is 94.5 cm³/mol. The highest BCUT2D eigenvalue weighted by molar-refractivity contribution is 5.89. The van der Waals surface area contributed by atoms with E-state index < -0.39 is 6.03 Å². The van der Waals surface area contributed by atoms with Crippen LogP contribution in [0.2, 0.25) is 0 Å². The number of amides is 4. The summed E-state index contributed by atoms with van der Waals surface area (Å²) in [5.41, 5.74) is 8.94. The molecule has 0 atom stereocenters. The van der Waals surface area contributed by atoms with Gasteiger partial charge >= 0.3 is 12.1 Å². The number of benzene rings is 2. The first-order valence-electron chi connectivity index (χ1n) is 7.82. The lowest BCUT2D eigenvalue weighted by Crippen LogP contribution is -2.29. The number of nitrogens with two attached hydrogens (primary N) is 1. The molecule has 0 spiro atoms. The van der Waals surface area contributed by atoms with Gasteiger partial charge in [-0.25, -0.2) is 9.59 Å². The summed E-state index contributed by atoms with van der Waals surface area (Å²) in [4.78, 5) is 22.7. The van der Waals surface area contributed by atoms with Crippen LogP contribution in [0.25, 0.3) is 0 Å². The molecule has 0 fully saturated rings. The Morgan fingerprint density at radius 1 is 0.917 bits per heavy atom. The molecule has 0 saturated carbocycles. The lowest BCUT2D eigenvalue weighted by atomic mass is 10.1. The van der Waals surface area contributed by atoms with Gasteiger partial charge in [-0.1, -0.05) is 43.3 Å². The van der Waals surface area contributed by atoms with E-state index in [2.05, 4.69) is 28.9 Å². The molecule has 4 amide bonds. The Bertz CT molecular complexity index is 698. The predicted octanol–water partition coefficient (Wildman–Crippen LogP) is 2.74. The molecule has 2 aromatic rings. The van der Waals surface area contributed by atoms with Crippen LogP contribution in [0.1, 0.15) is 23.6 Å². The van der Waals surface area contributed by atoms with Crippen molar-refractivity contribution >= 4 is 17.7 Å². The fourth-order valence-corrected chi connectivity index (χ4v) is 2.32. The summed E-state index contributed by atoms with van der Waals surface area (Å²) in [6.07, 6.45) is 0.931. The second-order valence-electron chi connectivity index (χ2n) is 5.34. The van der Waals surface area contributed by atoms with E-state index in [-0.39, 0.29) is 6.03 Å². The number of rotatable bonds is 6. The summed E-state index contributed by atoms with van der Waals surface area (Å²) in [7, 11) is 0. The number of primary amides is 1. The van der Waals surface area contributed by atoms with Crippen molar-refractivity contribution in [1.82, 2.24) is 10.6 Å². The van der Waals surface area contributed by atoms with E-state index >= 15 is 0 Å². The largest absolute Gasteiger partial charge is 0.352 e. The van der Waals surface area contributed by atoms with Crippen molar-refractivity contribution < 1.29 is 9.59 Å². The highest BCUT2D eigenvalue weighted by Gasteiger charge is 2.04. The van der Waals surface area contributed by atoms with Gasteiger partial charge in [0.25, 0.3) is 0 Å². The fourth-order valence-electron chi connectivity index (χ4n) is 2.32. The van der Waals surface area contributed by atoms with Crippen LogP contribution in [0, 0.1) is 0 Å². The third kappa shape index (κ3) is 5.31. The first-order valence-corrected chi connectivity index (χ1v) is 7.82. The van der Waals surface area contributed by atoms with Crippen LogP contribution in [0.4, 0.5) is 15.3 Å². The van der Waals surface area contributed by atoms with Gasteiger partial charge in [0.05, 0.1) is 0 Å². The smallest absolute Gasteiger partial charge is 0.319 e. The number of hydrogen-bond donors (Lipinski definition) is 4. The normalized spacial score (nSPS) is 10.0.